The number of carboxylic acid groups (broad SMARTS) is 1. The van der Waals surface area contributed by atoms with Gasteiger partial charge in [-0.05, 0) is 38.6 Å². The highest BCUT2D eigenvalue weighted by Crippen LogP contribution is 2.07. The van der Waals surface area contributed by atoms with E-state index in [9.17, 15) is 24.3 Å². The van der Waals surface area contributed by atoms with Crippen LogP contribution in [0, 0.1) is 5.41 Å². The number of primary amides is 1. The number of nitrogens with one attached hydrogen (secondary N) is 5. The minimum absolute atomic E-state index is 0.0299. The van der Waals surface area contributed by atoms with E-state index in [4.69, 9.17) is 16.9 Å². The number of carboxylic acids is 1. The van der Waals surface area contributed by atoms with E-state index in [0.29, 0.717) is 19.4 Å². The second-order valence-electron chi connectivity index (χ2n) is 6.60. The van der Waals surface area contributed by atoms with Gasteiger partial charge in [0.25, 0.3) is 0 Å². The molecular formula is C16H29N7O5. The van der Waals surface area contributed by atoms with E-state index in [1.807, 2.05) is 0 Å². The summed E-state index contributed by atoms with van der Waals surface area (Å²) in [6.07, 6.45) is 1.76. The first-order chi connectivity index (χ1) is 13.2. The van der Waals surface area contributed by atoms with Crippen LogP contribution >= 0.6 is 0 Å². The average Bonchev–Trinajstić information content (AvgIpc) is 3.14. The molecule has 1 saturated heterocycles. The summed E-state index contributed by atoms with van der Waals surface area (Å²) < 4.78 is 0. The van der Waals surface area contributed by atoms with Crippen LogP contribution in [0.15, 0.2) is 0 Å². The molecule has 0 radical (unpaired) electrons. The van der Waals surface area contributed by atoms with Gasteiger partial charge in [-0.25, -0.2) is 4.79 Å². The van der Waals surface area contributed by atoms with Crippen molar-refractivity contribution in [1.82, 2.24) is 21.3 Å². The monoisotopic (exact) mass is 399 g/mol. The van der Waals surface area contributed by atoms with Crippen molar-refractivity contribution in [3.63, 3.8) is 0 Å². The number of rotatable bonds is 12. The van der Waals surface area contributed by atoms with Gasteiger partial charge < -0.3 is 37.8 Å². The summed E-state index contributed by atoms with van der Waals surface area (Å²) in [5.74, 6) is -3.16. The molecule has 0 saturated carbocycles. The Morgan fingerprint density at radius 1 is 1.14 bits per heavy atom. The maximum absolute atomic E-state index is 12.5. The van der Waals surface area contributed by atoms with E-state index in [1.54, 1.807) is 0 Å². The lowest BCUT2D eigenvalue weighted by Gasteiger charge is -2.22. The van der Waals surface area contributed by atoms with Crippen LogP contribution in [-0.2, 0) is 19.2 Å². The highest BCUT2D eigenvalue weighted by Gasteiger charge is 2.29. The number of hydrogen-bond acceptors (Lipinski definition) is 6. The molecule has 28 heavy (non-hydrogen) atoms. The maximum atomic E-state index is 12.5. The minimum Gasteiger partial charge on any atom is -0.480 e. The molecule has 0 aromatic carbocycles. The molecule has 12 heteroatoms. The van der Waals surface area contributed by atoms with Crippen LogP contribution in [0.1, 0.15) is 38.5 Å². The van der Waals surface area contributed by atoms with Crippen molar-refractivity contribution in [2.45, 2.75) is 56.7 Å². The normalized spacial score (nSPS) is 17.9. The van der Waals surface area contributed by atoms with Gasteiger partial charge in [-0.1, -0.05) is 0 Å². The van der Waals surface area contributed by atoms with Crippen LogP contribution in [0.5, 0.6) is 0 Å². The van der Waals surface area contributed by atoms with Crippen LogP contribution in [0.4, 0.5) is 0 Å². The molecule has 158 valence electrons. The third kappa shape index (κ3) is 8.66. The molecule has 0 unspecified atom stereocenters. The van der Waals surface area contributed by atoms with Crippen molar-refractivity contribution in [2.24, 2.45) is 11.5 Å². The van der Waals surface area contributed by atoms with Gasteiger partial charge in [0.1, 0.15) is 12.1 Å². The summed E-state index contributed by atoms with van der Waals surface area (Å²) in [6, 6.07) is -2.67. The maximum Gasteiger partial charge on any atom is 0.326 e. The Kier molecular flexibility index (Phi) is 9.71. The van der Waals surface area contributed by atoms with E-state index in [0.717, 1.165) is 6.42 Å². The van der Waals surface area contributed by atoms with Crippen LogP contribution in [-0.4, -0.2) is 66.0 Å². The highest BCUT2D eigenvalue weighted by atomic mass is 16.4. The van der Waals surface area contributed by atoms with E-state index in [2.05, 4.69) is 21.3 Å². The Morgan fingerprint density at radius 3 is 2.39 bits per heavy atom. The summed E-state index contributed by atoms with van der Waals surface area (Å²) >= 11 is 0. The van der Waals surface area contributed by atoms with Gasteiger partial charge in [0.05, 0.1) is 6.04 Å². The van der Waals surface area contributed by atoms with Gasteiger partial charge in [-0.2, -0.15) is 0 Å². The Morgan fingerprint density at radius 2 is 1.86 bits per heavy atom. The first-order valence-corrected chi connectivity index (χ1v) is 9.13. The molecule has 3 amide bonds. The molecule has 1 rings (SSSR count). The van der Waals surface area contributed by atoms with Crippen molar-refractivity contribution in [3.8, 4) is 0 Å². The van der Waals surface area contributed by atoms with E-state index < -0.39 is 35.9 Å². The van der Waals surface area contributed by atoms with Crippen LogP contribution in [0.25, 0.3) is 0 Å². The van der Waals surface area contributed by atoms with Crippen LogP contribution < -0.4 is 32.7 Å². The second-order valence-corrected chi connectivity index (χ2v) is 6.60. The van der Waals surface area contributed by atoms with Crippen molar-refractivity contribution in [3.05, 3.63) is 0 Å². The minimum atomic E-state index is -1.23. The largest absolute Gasteiger partial charge is 0.480 e. The molecule has 0 aliphatic carbocycles. The first kappa shape index (κ1) is 23.1. The molecule has 0 spiro atoms. The molecule has 10 N–H and O–H groups in total. The number of carbonyl (C=O) groups is 4. The quantitative estimate of drug-likeness (QED) is 0.0981. The zero-order valence-electron chi connectivity index (χ0n) is 15.6. The Labute approximate surface area is 162 Å². The van der Waals surface area contributed by atoms with Gasteiger partial charge in [0, 0.05) is 13.0 Å². The molecule has 1 heterocycles. The van der Waals surface area contributed by atoms with Gasteiger partial charge in [-0.15, -0.1) is 0 Å². The smallest absolute Gasteiger partial charge is 0.326 e. The Balaban J connectivity index is 2.66. The lowest BCUT2D eigenvalue weighted by molar-refractivity contribution is -0.142. The summed E-state index contributed by atoms with van der Waals surface area (Å²) in [4.78, 5) is 47.3. The number of nitrogens with two attached hydrogens (primary N) is 2. The molecule has 3 atom stereocenters. The van der Waals surface area contributed by atoms with Crippen LogP contribution in [0.2, 0.25) is 0 Å². The standard InChI is InChI=1S/C16H29N7O5/c17-12(24)6-5-10(22-13(25)9-3-1-7-20-9)14(26)23-11(15(27)28)4-2-8-21-16(18)19/h9-11,20H,1-8H2,(H2,17,24)(H,22,25)(H,23,26)(H,27,28)(H4,18,19,21)/t9-,10-,11-/m0/s1. The van der Waals surface area contributed by atoms with E-state index in [1.165, 1.54) is 0 Å². The second kappa shape index (κ2) is 11.7. The third-order valence-electron chi connectivity index (χ3n) is 4.29. The lowest BCUT2D eigenvalue weighted by atomic mass is 10.1. The number of aliphatic carboxylic acids is 1. The number of carbonyl (C=O) groups excluding carboxylic acids is 3. The fourth-order valence-electron chi connectivity index (χ4n) is 2.79. The first-order valence-electron chi connectivity index (χ1n) is 9.13. The molecule has 0 aromatic rings. The zero-order valence-corrected chi connectivity index (χ0v) is 15.6. The zero-order chi connectivity index (χ0) is 21.1. The Hall–Kier alpha value is -2.89. The van der Waals surface area contributed by atoms with Gasteiger partial charge in [0.15, 0.2) is 5.96 Å². The predicted molar refractivity (Wildman–Crippen MR) is 100 cm³/mol. The summed E-state index contributed by atoms with van der Waals surface area (Å²) in [6.45, 7) is 0.982. The molecule has 0 aromatic heterocycles. The molecule has 0 bridgehead atoms. The molecular weight excluding hydrogens is 370 g/mol. The number of hydrogen-bond donors (Lipinski definition) is 8. The van der Waals surface area contributed by atoms with Gasteiger partial charge >= 0.3 is 5.97 Å². The van der Waals surface area contributed by atoms with Crippen molar-refractivity contribution in [1.29, 1.82) is 5.41 Å². The summed E-state index contributed by atoms with van der Waals surface area (Å²) in [7, 11) is 0. The average molecular weight is 399 g/mol. The predicted octanol–water partition coefficient (Wildman–Crippen LogP) is -2.68. The van der Waals surface area contributed by atoms with E-state index >= 15 is 0 Å². The molecule has 1 aliphatic rings. The van der Waals surface area contributed by atoms with Gasteiger partial charge in [0.2, 0.25) is 17.7 Å². The Bertz CT molecular complexity index is 592. The fraction of sp³-hybridized carbons (Fsp3) is 0.688. The fourth-order valence-corrected chi connectivity index (χ4v) is 2.79. The number of amides is 3. The molecule has 12 nitrogen and oxygen atoms in total. The third-order valence-corrected chi connectivity index (χ3v) is 4.29. The van der Waals surface area contributed by atoms with Crippen molar-refractivity contribution in [2.75, 3.05) is 13.1 Å². The summed E-state index contributed by atoms with van der Waals surface area (Å²) in [5.41, 5.74) is 10.3. The SMILES string of the molecule is N=C(N)NCCC[C@H](NC(=O)[C@H](CCC(N)=O)NC(=O)[C@@H]1CCCN1)C(=O)O. The lowest BCUT2D eigenvalue weighted by Crippen LogP contribution is -2.54. The topological polar surface area (TPSA) is 213 Å². The molecule has 1 fully saturated rings. The van der Waals surface area contributed by atoms with E-state index in [-0.39, 0.29) is 37.7 Å². The van der Waals surface area contributed by atoms with Crippen molar-refractivity contribution < 1.29 is 24.3 Å². The highest BCUT2D eigenvalue weighted by molar-refractivity contribution is 5.92. The van der Waals surface area contributed by atoms with Gasteiger partial charge in [-0.3, -0.25) is 19.8 Å². The van der Waals surface area contributed by atoms with Crippen LogP contribution in [0.3, 0.4) is 0 Å². The van der Waals surface area contributed by atoms with Crippen molar-refractivity contribution >= 4 is 29.7 Å². The number of guanidine groups is 1. The molecule has 1 aliphatic heterocycles. The summed E-state index contributed by atoms with van der Waals surface area (Å²) in [5, 5.41) is 26.9.